The predicted octanol–water partition coefficient (Wildman–Crippen LogP) is 3.86. The first-order valence-electron chi connectivity index (χ1n) is 8.01. The number of carbonyl (C=O) groups is 1. The van der Waals surface area contributed by atoms with Crippen LogP contribution < -0.4 is 20.1 Å². The molecule has 0 aliphatic rings. The molecule has 25 heavy (non-hydrogen) atoms. The molecule has 5 nitrogen and oxygen atoms in total. The average molecular weight is 363 g/mol. The first-order chi connectivity index (χ1) is 12.0. The van der Waals surface area contributed by atoms with Crippen molar-refractivity contribution in [2.24, 2.45) is 0 Å². The normalized spacial score (nSPS) is 11.7. The quantitative estimate of drug-likeness (QED) is 0.748. The summed E-state index contributed by atoms with van der Waals surface area (Å²) in [6.45, 7) is 2.65. The zero-order chi connectivity index (χ0) is 18.2. The summed E-state index contributed by atoms with van der Waals surface area (Å²) < 4.78 is 10.5. The van der Waals surface area contributed by atoms with Crippen molar-refractivity contribution in [2.75, 3.05) is 19.5 Å². The van der Waals surface area contributed by atoms with Crippen molar-refractivity contribution in [2.45, 2.75) is 25.9 Å². The van der Waals surface area contributed by atoms with E-state index in [1.54, 1.807) is 32.4 Å². The van der Waals surface area contributed by atoms with Gasteiger partial charge in [-0.15, -0.1) is 0 Å². The minimum atomic E-state index is -0.0948. The number of anilines is 1. The molecule has 0 fully saturated rings. The standard InChI is InChI=1S/C19H23ClN2O3/c1-13(21-12-14-4-6-15(20)7-5-14)10-19(23)22-17-11-16(24-2)8-9-18(17)25-3/h4-9,11,13,21H,10,12H2,1-3H3,(H,22,23). The van der Waals surface area contributed by atoms with Crippen molar-refractivity contribution in [1.82, 2.24) is 5.32 Å². The number of benzene rings is 2. The molecule has 6 heteroatoms. The van der Waals surface area contributed by atoms with Crippen molar-refractivity contribution < 1.29 is 14.3 Å². The summed E-state index contributed by atoms with van der Waals surface area (Å²) in [7, 11) is 3.14. The Balaban J connectivity index is 1.87. The van der Waals surface area contributed by atoms with E-state index in [9.17, 15) is 4.79 Å². The molecule has 0 saturated carbocycles. The highest BCUT2D eigenvalue weighted by Gasteiger charge is 2.12. The molecule has 2 aromatic rings. The minimum Gasteiger partial charge on any atom is -0.497 e. The molecule has 0 bridgehead atoms. The van der Waals surface area contributed by atoms with Gasteiger partial charge in [0.15, 0.2) is 0 Å². The lowest BCUT2D eigenvalue weighted by molar-refractivity contribution is -0.116. The summed E-state index contributed by atoms with van der Waals surface area (Å²) in [5.74, 6) is 1.16. The van der Waals surface area contributed by atoms with Crippen LogP contribution in [0.2, 0.25) is 5.02 Å². The maximum atomic E-state index is 12.3. The SMILES string of the molecule is COc1ccc(OC)c(NC(=O)CC(C)NCc2ccc(Cl)cc2)c1. The average Bonchev–Trinajstić information content (AvgIpc) is 2.61. The third kappa shape index (κ3) is 5.96. The minimum absolute atomic E-state index is 0.0206. The molecule has 2 N–H and O–H groups in total. The largest absolute Gasteiger partial charge is 0.497 e. The molecule has 134 valence electrons. The zero-order valence-corrected chi connectivity index (χ0v) is 15.4. The van der Waals surface area contributed by atoms with Crippen LogP contribution in [0.15, 0.2) is 42.5 Å². The van der Waals surface area contributed by atoms with Crippen LogP contribution in [0, 0.1) is 0 Å². The van der Waals surface area contributed by atoms with E-state index >= 15 is 0 Å². The molecule has 1 unspecified atom stereocenters. The second-order valence-corrected chi connectivity index (χ2v) is 6.16. The highest BCUT2D eigenvalue weighted by atomic mass is 35.5. The van der Waals surface area contributed by atoms with Crippen molar-refractivity contribution in [3.8, 4) is 11.5 Å². The van der Waals surface area contributed by atoms with Crippen LogP contribution in [0.5, 0.6) is 11.5 Å². The fourth-order valence-electron chi connectivity index (χ4n) is 2.36. The Kier molecular flexibility index (Phi) is 7.10. The second-order valence-electron chi connectivity index (χ2n) is 5.73. The van der Waals surface area contributed by atoms with E-state index in [1.165, 1.54) is 0 Å². The Bertz CT molecular complexity index is 704. The molecule has 0 saturated heterocycles. The molecule has 2 aromatic carbocycles. The summed E-state index contributed by atoms with van der Waals surface area (Å²) in [5.41, 5.74) is 1.71. The molecule has 0 aliphatic carbocycles. The van der Waals surface area contributed by atoms with Crippen molar-refractivity contribution in [3.63, 3.8) is 0 Å². The van der Waals surface area contributed by atoms with Crippen LogP contribution in [-0.4, -0.2) is 26.2 Å². The molecule has 0 radical (unpaired) electrons. The fourth-order valence-corrected chi connectivity index (χ4v) is 2.48. The van der Waals surface area contributed by atoms with Gasteiger partial charge in [-0.2, -0.15) is 0 Å². The van der Waals surface area contributed by atoms with Crippen LogP contribution in [-0.2, 0) is 11.3 Å². The summed E-state index contributed by atoms with van der Waals surface area (Å²) in [5, 5.41) is 6.91. The third-order valence-electron chi connectivity index (χ3n) is 3.74. The van der Waals surface area contributed by atoms with Gasteiger partial charge in [-0.3, -0.25) is 4.79 Å². The van der Waals surface area contributed by atoms with Gasteiger partial charge in [-0.1, -0.05) is 23.7 Å². The maximum absolute atomic E-state index is 12.3. The number of carbonyl (C=O) groups excluding carboxylic acids is 1. The molecule has 0 spiro atoms. The van der Waals surface area contributed by atoms with Gasteiger partial charge in [0, 0.05) is 30.1 Å². The Labute approximate surface area is 153 Å². The summed E-state index contributed by atoms with van der Waals surface area (Å²) >= 11 is 5.87. The number of amides is 1. The second kappa shape index (κ2) is 9.30. The van der Waals surface area contributed by atoms with E-state index in [0.717, 1.165) is 5.56 Å². The Morgan fingerprint density at radius 2 is 1.84 bits per heavy atom. The molecule has 0 heterocycles. The van der Waals surface area contributed by atoms with Crippen molar-refractivity contribution >= 4 is 23.2 Å². The number of hydrogen-bond donors (Lipinski definition) is 2. The van der Waals surface area contributed by atoms with Gasteiger partial charge in [-0.25, -0.2) is 0 Å². The molecule has 1 amide bonds. The number of methoxy groups -OCH3 is 2. The molecule has 2 rings (SSSR count). The van der Waals surface area contributed by atoms with Crippen LogP contribution >= 0.6 is 11.6 Å². The maximum Gasteiger partial charge on any atom is 0.226 e. The first-order valence-corrected chi connectivity index (χ1v) is 8.39. The van der Waals surface area contributed by atoms with E-state index in [2.05, 4.69) is 10.6 Å². The fraction of sp³-hybridized carbons (Fsp3) is 0.316. The van der Waals surface area contributed by atoms with Crippen LogP contribution in [0.4, 0.5) is 5.69 Å². The monoisotopic (exact) mass is 362 g/mol. The molecular weight excluding hydrogens is 340 g/mol. The molecule has 1 atom stereocenters. The Morgan fingerprint density at radius 1 is 1.12 bits per heavy atom. The topological polar surface area (TPSA) is 59.6 Å². The summed E-state index contributed by atoms with van der Waals surface area (Å²) in [6.07, 6.45) is 0.341. The van der Waals surface area contributed by atoms with Crippen molar-refractivity contribution in [3.05, 3.63) is 53.1 Å². The van der Waals surface area contributed by atoms with Gasteiger partial charge in [0.2, 0.25) is 5.91 Å². The highest BCUT2D eigenvalue weighted by Crippen LogP contribution is 2.29. The van der Waals surface area contributed by atoms with E-state index in [4.69, 9.17) is 21.1 Å². The highest BCUT2D eigenvalue weighted by molar-refractivity contribution is 6.30. The lowest BCUT2D eigenvalue weighted by Gasteiger charge is -2.15. The first kappa shape index (κ1) is 19.1. The Morgan fingerprint density at radius 3 is 2.48 bits per heavy atom. The van der Waals surface area contributed by atoms with Gasteiger partial charge in [0.25, 0.3) is 0 Å². The lowest BCUT2D eigenvalue weighted by Crippen LogP contribution is -2.30. The lowest BCUT2D eigenvalue weighted by atomic mass is 10.1. The van der Waals surface area contributed by atoms with Gasteiger partial charge in [-0.05, 0) is 36.8 Å². The molecular formula is C19H23ClN2O3. The summed E-state index contributed by atoms with van der Waals surface area (Å²) in [6, 6.07) is 12.9. The summed E-state index contributed by atoms with van der Waals surface area (Å²) in [4.78, 5) is 12.3. The van der Waals surface area contributed by atoms with Crippen LogP contribution in [0.1, 0.15) is 18.9 Å². The zero-order valence-electron chi connectivity index (χ0n) is 14.6. The van der Waals surface area contributed by atoms with Crippen LogP contribution in [0.25, 0.3) is 0 Å². The molecule has 0 aromatic heterocycles. The van der Waals surface area contributed by atoms with Gasteiger partial charge in [0.05, 0.1) is 19.9 Å². The van der Waals surface area contributed by atoms with Crippen LogP contribution in [0.3, 0.4) is 0 Å². The van der Waals surface area contributed by atoms with E-state index in [0.29, 0.717) is 35.2 Å². The van der Waals surface area contributed by atoms with Crippen molar-refractivity contribution in [1.29, 1.82) is 0 Å². The number of halogens is 1. The van der Waals surface area contributed by atoms with E-state index < -0.39 is 0 Å². The van der Waals surface area contributed by atoms with Gasteiger partial charge < -0.3 is 20.1 Å². The number of nitrogens with one attached hydrogen (secondary N) is 2. The number of ether oxygens (including phenoxy) is 2. The smallest absolute Gasteiger partial charge is 0.226 e. The number of hydrogen-bond acceptors (Lipinski definition) is 4. The van der Waals surface area contributed by atoms with E-state index in [1.807, 2.05) is 31.2 Å². The Hall–Kier alpha value is -2.24. The third-order valence-corrected chi connectivity index (χ3v) is 3.99. The van der Waals surface area contributed by atoms with Gasteiger partial charge >= 0.3 is 0 Å². The van der Waals surface area contributed by atoms with E-state index in [-0.39, 0.29) is 11.9 Å². The number of rotatable bonds is 8. The molecule has 0 aliphatic heterocycles. The predicted molar refractivity (Wildman–Crippen MR) is 101 cm³/mol. The van der Waals surface area contributed by atoms with Gasteiger partial charge in [0.1, 0.15) is 11.5 Å².